The smallest absolute Gasteiger partial charge is 0.303 e. The fourth-order valence-corrected chi connectivity index (χ4v) is 2.60. The van der Waals surface area contributed by atoms with E-state index in [0.29, 0.717) is 0 Å². The van der Waals surface area contributed by atoms with Gasteiger partial charge in [0.2, 0.25) is 16.0 Å². The van der Waals surface area contributed by atoms with Crippen molar-refractivity contribution in [2.75, 3.05) is 0 Å². The number of carbonyl (C=O) groups is 1. The SMILES string of the molecule is O=N[PH](=O)C(CCC(=O)O)[PH](=O)O. The molecular formula is C4H9NO6P2. The monoisotopic (exact) mass is 229 g/mol. The zero-order valence-electron chi connectivity index (χ0n) is 6.47. The first-order valence-electron chi connectivity index (χ1n) is 3.30. The summed E-state index contributed by atoms with van der Waals surface area (Å²) in [5.41, 5.74) is 0. The molecule has 0 heterocycles. The van der Waals surface area contributed by atoms with E-state index in [4.69, 9.17) is 10.00 Å². The topological polar surface area (TPSA) is 121 Å². The van der Waals surface area contributed by atoms with Crippen LogP contribution in [0.1, 0.15) is 12.8 Å². The van der Waals surface area contributed by atoms with Gasteiger partial charge in [0.1, 0.15) is 5.40 Å². The summed E-state index contributed by atoms with van der Waals surface area (Å²) in [6.45, 7) is 0. The van der Waals surface area contributed by atoms with E-state index in [1.54, 1.807) is 0 Å². The summed E-state index contributed by atoms with van der Waals surface area (Å²) in [7, 11) is -6.18. The molecular weight excluding hydrogens is 220 g/mol. The van der Waals surface area contributed by atoms with Gasteiger partial charge in [-0.3, -0.25) is 13.9 Å². The van der Waals surface area contributed by atoms with Crippen LogP contribution in [0.2, 0.25) is 0 Å². The van der Waals surface area contributed by atoms with Gasteiger partial charge in [-0.25, -0.2) is 0 Å². The third-order valence-electron chi connectivity index (χ3n) is 1.33. The van der Waals surface area contributed by atoms with Gasteiger partial charge >= 0.3 is 5.97 Å². The summed E-state index contributed by atoms with van der Waals surface area (Å²) < 4.78 is 21.3. The number of nitrogens with zero attached hydrogens (tertiary/aromatic N) is 1. The number of carboxylic acid groups (broad SMARTS) is 1. The Bertz CT molecular complexity index is 253. The van der Waals surface area contributed by atoms with Gasteiger partial charge in [-0.05, 0) is 11.4 Å². The molecule has 0 aromatic rings. The molecule has 0 amide bonds. The lowest BCUT2D eigenvalue weighted by Gasteiger charge is -2.06. The molecule has 3 atom stereocenters. The van der Waals surface area contributed by atoms with Crippen molar-refractivity contribution in [2.24, 2.45) is 4.95 Å². The lowest BCUT2D eigenvalue weighted by molar-refractivity contribution is -0.137. The molecule has 0 bridgehead atoms. The molecule has 0 spiro atoms. The minimum absolute atomic E-state index is 0.257. The third kappa shape index (κ3) is 4.93. The van der Waals surface area contributed by atoms with Gasteiger partial charge in [0.15, 0.2) is 0 Å². The molecule has 0 aromatic carbocycles. The average molecular weight is 229 g/mol. The second-order valence-electron chi connectivity index (χ2n) is 2.25. The summed E-state index contributed by atoms with van der Waals surface area (Å²) in [5, 5.41) is 6.95. The standard InChI is InChI=1S/C4H9NO6P2/c6-3(7)1-2-4(13(10)11)12(9)5-8/h4,12-13H,1-2H2,(H,6,7)(H,10,11). The zero-order valence-corrected chi connectivity index (χ0v) is 8.47. The molecule has 13 heavy (non-hydrogen) atoms. The van der Waals surface area contributed by atoms with Crippen molar-refractivity contribution in [3.63, 3.8) is 0 Å². The van der Waals surface area contributed by atoms with Crippen LogP contribution >= 0.6 is 16.0 Å². The van der Waals surface area contributed by atoms with Crippen molar-refractivity contribution in [3.8, 4) is 0 Å². The van der Waals surface area contributed by atoms with Gasteiger partial charge in [0, 0.05) is 6.42 Å². The third-order valence-corrected chi connectivity index (χ3v) is 4.76. The van der Waals surface area contributed by atoms with Crippen LogP contribution < -0.4 is 0 Å². The molecule has 7 nitrogen and oxygen atoms in total. The van der Waals surface area contributed by atoms with E-state index >= 15 is 0 Å². The van der Waals surface area contributed by atoms with Crippen molar-refractivity contribution in [1.29, 1.82) is 0 Å². The molecule has 3 unspecified atom stereocenters. The highest BCUT2D eigenvalue weighted by Gasteiger charge is 2.23. The Balaban J connectivity index is 4.26. The largest absolute Gasteiger partial charge is 0.481 e. The second-order valence-corrected chi connectivity index (χ2v) is 5.76. The van der Waals surface area contributed by atoms with E-state index in [1.807, 2.05) is 0 Å². The molecule has 0 aliphatic rings. The van der Waals surface area contributed by atoms with Crippen molar-refractivity contribution in [2.45, 2.75) is 18.2 Å². The lowest BCUT2D eigenvalue weighted by Crippen LogP contribution is -2.01. The van der Waals surface area contributed by atoms with Gasteiger partial charge in [0.05, 0.1) is 0 Å². The van der Waals surface area contributed by atoms with Crippen LogP contribution in [0.3, 0.4) is 0 Å². The molecule has 0 aromatic heterocycles. The Morgan fingerprint density at radius 3 is 2.31 bits per heavy atom. The summed E-state index contributed by atoms with van der Waals surface area (Å²) in [5.74, 6) is -1.17. The predicted molar refractivity (Wildman–Crippen MR) is 46.7 cm³/mol. The molecule has 0 fully saturated rings. The van der Waals surface area contributed by atoms with Gasteiger partial charge < -0.3 is 10.00 Å². The Hall–Kier alpha value is -0.510. The van der Waals surface area contributed by atoms with E-state index in [1.165, 1.54) is 0 Å². The minimum atomic E-state index is -3.15. The molecule has 0 aliphatic heterocycles. The van der Waals surface area contributed by atoms with Gasteiger partial charge in [-0.15, -0.1) is 4.91 Å². The van der Waals surface area contributed by atoms with E-state index in [9.17, 15) is 18.8 Å². The molecule has 0 radical (unpaired) electrons. The molecule has 76 valence electrons. The first kappa shape index (κ1) is 12.5. The number of rotatable bonds is 6. The zero-order chi connectivity index (χ0) is 10.4. The normalized spacial score (nSPS) is 17.3. The summed E-state index contributed by atoms with van der Waals surface area (Å²) in [4.78, 5) is 30.6. The van der Waals surface area contributed by atoms with Crippen LogP contribution in [0.4, 0.5) is 0 Å². The van der Waals surface area contributed by atoms with Crippen LogP contribution in [0.25, 0.3) is 0 Å². The van der Waals surface area contributed by atoms with Crippen LogP contribution in [0.15, 0.2) is 4.95 Å². The number of hydrogen-bond acceptors (Lipinski definition) is 4. The van der Waals surface area contributed by atoms with Crippen LogP contribution in [-0.2, 0) is 13.9 Å². The van der Waals surface area contributed by atoms with E-state index in [-0.39, 0.29) is 6.42 Å². The molecule has 2 N–H and O–H groups in total. The second kappa shape index (κ2) is 6.02. The predicted octanol–water partition coefficient (Wildman–Crippen LogP) is 0.885. The average Bonchev–Trinajstić information content (AvgIpc) is 2.03. The molecule has 0 rings (SSSR count). The lowest BCUT2D eigenvalue weighted by atomic mass is 10.3. The summed E-state index contributed by atoms with van der Waals surface area (Å²) in [6, 6.07) is 0. The maximum absolute atomic E-state index is 10.7. The highest BCUT2D eigenvalue weighted by atomic mass is 31.2. The summed E-state index contributed by atoms with van der Waals surface area (Å²) >= 11 is 0. The number of aliphatic carboxylic acids is 1. The highest BCUT2D eigenvalue weighted by Crippen LogP contribution is 2.45. The Morgan fingerprint density at radius 2 is 2.00 bits per heavy atom. The first-order valence-corrected chi connectivity index (χ1v) is 6.17. The molecule has 0 saturated carbocycles. The fourth-order valence-electron chi connectivity index (χ4n) is 0.684. The molecule has 0 aliphatic carbocycles. The van der Waals surface area contributed by atoms with Crippen molar-refractivity contribution in [1.82, 2.24) is 0 Å². The maximum Gasteiger partial charge on any atom is 0.303 e. The van der Waals surface area contributed by atoms with Crippen molar-refractivity contribution >= 4 is 21.9 Å². The number of carboxylic acids is 1. The first-order chi connectivity index (χ1) is 5.99. The Labute approximate surface area is 74.8 Å². The highest BCUT2D eigenvalue weighted by molar-refractivity contribution is 7.60. The van der Waals surface area contributed by atoms with Gasteiger partial charge in [-0.1, -0.05) is 0 Å². The van der Waals surface area contributed by atoms with Crippen LogP contribution in [0.5, 0.6) is 0 Å². The quantitative estimate of drug-likeness (QED) is 0.515. The van der Waals surface area contributed by atoms with Crippen LogP contribution in [0, 0.1) is 4.91 Å². The van der Waals surface area contributed by atoms with E-state index < -0.39 is 33.8 Å². The van der Waals surface area contributed by atoms with E-state index in [0.717, 1.165) is 0 Å². The number of hydrogen-bond donors (Lipinski definition) is 2. The van der Waals surface area contributed by atoms with Crippen molar-refractivity contribution in [3.05, 3.63) is 4.91 Å². The van der Waals surface area contributed by atoms with Crippen LogP contribution in [-0.4, -0.2) is 21.4 Å². The Kier molecular flexibility index (Phi) is 5.79. The maximum atomic E-state index is 10.7. The van der Waals surface area contributed by atoms with E-state index in [2.05, 4.69) is 4.95 Å². The van der Waals surface area contributed by atoms with Gasteiger partial charge in [-0.2, -0.15) is 0 Å². The molecule has 9 heteroatoms. The molecule has 0 saturated heterocycles. The summed E-state index contributed by atoms with van der Waals surface area (Å²) in [6.07, 6.45) is -0.652. The minimum Gasteiger partial charge on any atom is -0.481 e. The number of nitroso groups, excluding NO2 is 1. The van der Waals surface area contributed by atoms with Crippen molar-refractivity contribution < 1.29 is 23.9 Å². The Morgan fingerprint density at radius 1 is 1.46 bits per heavy atom. The fraction of sp³-hybridized carbons (Fsp3) is 0.750. The van der Waals surface area contributed by atoms with Gasteiger partial charge in [0.25, 0.3) is 0 Å².